The zero-order chi connectivity index (χ0) is 18.8. The highest BCUT2D eigenvalue weighted by Gasteiger charge is 2.26. The van der Waals surface area contributed by atoms with Crippen molar-refractivity contribution in [2.24, 2.45) is 0 Å². The van der Waals surface area contributed by atoms with Gasteiger partial charge in [-0.2, -0.15) is 0 Å². The second-order valence-electron chi connectivity index (χ2n) is 7.89. The monoisotopic (exact) mass is 364 g/mol. The number of hydrogen-bond acceptors (Lipinski definition) is 3. The number of imidazole rings is 1. The molecule has 4 nitrogen and oxygen atoms in total. The van der Waals surface area contributed by atoms with Gasteiger partial charge in [0.15, 0.2) is 0 Å². The maximum Gasteiger partial charge on any atom is 0.119 e. The quantitative estimate of drug-likeness (QED) is 0.651. The van der Waals surface area contributed by atoms with Gasteiger partial charge in [0.2, 0.25) is 0 Å². The molecule has 1 aromatic heterocycles. The zero-order valence-electron chi connectivity index (χ0n) is 16.1. The maximum atomic E-state index is 10.6. The van der Waals surface area contributed by atoms with Crippen molar-refractivity contribution in [3.63, 3.8) is 0 Å². The van der Waals surface area contributed by atoms with E-state index in [-0.39, 0.29) is 6.61 Å². The van der Waals surface area contributed by atoms with Crippen LogP contribution in [-0.2, 0) is 6.54 Å². The van der Waals surface area contributed by atoms with Gasteiger partial charge in [-0.1, -0.05) is 44.5 Å². The smallest absolute Gasteiger partial charge is 0.119 e. The van der Waals surface area contributed by atoms with Crippen LogP contribution in [0.15, 0.2) is 48.5 Å². The molecule has 1 aliphatic rings. The first-order valence-corrected chi connectivity index (χ1v) is 9.98. The molecule has 3 aromatic rings. The molecule has 1 atom stereocenters. The van der Waals surface area contributed by atoms with Gasteiger partial charge in [-0.15, -0.1) is 0 Å². The lowest BCUT2D eigenvalue weighted by Gasteiger charge is -2.26. The number of benzene rings is 2. The van der Waals surface area contributed by atoms with E-state index in [2.05, 4.69) is 36.6 Å². The van der Waals surface area contributed by atoms with Crippen molar-refractivity contribution in [2.75, 3.05) is 6.61 Å². The van der Waals surface area contributed by atoms with Gasteiger partial charge < -0.3 is 14.4 Å². The Morgan fingerprint density at radius 1 is 1.11 bits per heavy atom. The van der Waals surface area contributed by atoms with E-state index in [0.717, 1.165) is 22.6 Å². The number of aliphatic hydroxyl groups excluding tert-OH is 1. The minimum atomic E-state index is -0.578. The largest absolute Gasteiger partial charge is 0.491 e. The van der Waals surface area contributed by atoms with Gasteiger partial charge in [-0.05, 0) is 48.6 Å². The zero-order valence-corrected chi connectivity index (χ0v) is 16.1. The number of fused-ring (bicyclic) bond motifs is 1. The predicted molar refractivity (Wildman–Crippen MR) is 108 cm³/mol. The van der Waals surface area contributed by atoms with Crippen molar-refractivity contribution < 1.29 is 9.84 Å². The van der Waals surface area contributed by atoms with Gasteiger partial charge in [0.25, 0.3) is 0 Å². The lowest BCUT2D eigenvalue weighted by atomic mass is 9.85. The summed E-state index contributed by atoms with van der Waals surface area (Å²) in [5, 5.41) is 10.6. The Morgan fingerprint density at radius 2 is 1.85 bits per heavy atom. The van der Waals surface area contributed by atoms with E-state index in [1.54, 1.807) is 0 Å². The molecule has 27 heavy (non-hydrogen) atoms. The number of aliphatic hydroxyl groups is 1. The molecule has 0 radical (unpaired) electrons. The van der Waals surface area contributed by atoms with E-state index in [1.165, 1.54) is 24.8 Å². The van der Waals surface area contributed by atoms with Gasteiger partial charge >= 0.3 is 0 Å². The van der Waals surface area contributed by atoms with Gasteiger partial charge in [-0.3, -0.25) is 0 Å². The number of nitrogens with zero attached hydrogens (tertiary/aromatic N) is 2. The lowest BCUT2D eigenvalue weighted by molar-refractivity contribution is 0.0919. The van der Waals surface area contributed by atoms with Crippen molar-refractivity contribution in [3.05, 3.63) is 59.9 Å². The van der Waals surface area contributed by atoms with Crippen LogP contribution in [0.5, 0.6) is 5.75 Å². The summed E-state index contributed by atoms with van der Waals surface area (Å²) in [6.07, 6.45) is 3.08. The summed E-state index contributed by atoms with van der Waals surface area (Å²) < 4.78 is 8.01. The third kappa shape index (κ3) is 3.86. The Morgan fingerprint density at radius 3 is 2.52 bits per heavy atom. The molecule has 2 aromatic carbocycles. The molecule has 142 valence electrons. The fraction of sp³-hybridized carbons (Fsp3) is 0.435. The van der Waals surface area contributed by atoms with E-state index in [0.29, 0.717) is 18.4 Å². The highest BCUT2D eigenvalue weighted by atomic mass is 16.5. The number of aromatic nitrogens is 2. The van der Waals surface area contributed by atoms with Gasteiger partial charge in [0.1, 0.15) is 24.3 Å². The van der Waals surface area contributed by atoms with E-state index >= 15 is 0 Å². The van der Waals surface area contributed by atoms with Crippen LogP contribution in [0, 0.1) is 0 Å². The van der Waals surface area contributed by atoms with Gasteiger partial charge in [0.05, 0.1) is 17.6 Å². The molecule has 4 rings (SSSR count). The molecular formula is C23H28N2O2. The molecule has 0 bridgehead atoms. The summed E-state index contributed by atoms with van der Waals surface area (Å²) >= 11 is 0. The Balaban J connectivity index is 1.45. The number of rotatable bonds is 7. The Kier molecular flexibility index (Phi) is 5.17. The molecule has 1 saturated carbocycles. The Hall–Kier alpha value is -2.33. The molecular weight excluding hydrogens is 336 g/mol. The summed E-state index contributed by atoms with van der Waals surface area (Å²) in [4.78, 5) is 4.84. The molecule has 4 heteroatoms. The molecule has 1 fully saturated rings. The molecule has 1 heterocycles. The standard InChI is InChI=1S/C23H28N2O2/c1-16(2)17-10-12-20(13-11-17)27-15-19(26)14-25-22-9-4-3-8-21(22)24-23(25)18-6-5-7-18/h3-4,8-13,16,18-19,26H,5-7,14-15H2,1-2H3. The Bertz CT molecular complexity index is 894. The first-order chi connectivity index (χ1) is 13.1. The molecule has 1 unspecified atom stereocenters. The molecule has 1 N–H and O–H groups in total. The fourth-order valence-electron chi connectivity index (χ4n) is 3.67. The molecule has 0 aliphatic heterocycles. The van der Waals surface area contributed by atoms with Crippen molar-refractivity contribution >= 4 is 11.0 Å². The highest BCUT2D eigenvalue weighted by molar-refractivity contribution is 5.76. The van der Waals surface area contributed by atoms with Crippen molar-refractivity contribution in [2.45, 2.75) is 57.6 Å². The summed E-state index contributed by atoms with van der Waals surface area (Å²) in [5.41, 5.74) is 3.40. The first-order valence-electron chi connectivity index (χ1n) is 9.98. The van der Waals surface area contributed by atoms with Crippen LogP contribution in [0.3, 0.4) is 0 Å². The van der Waals surface area contributed by atoms with Crippen molar-refractivity contribution in [1.82, 2.24) is 9.55 Å². The van der Waals surface area contributed by atoms with Crippen LogP contribution in [0.1, 0.15) is 56.3 Å². The van der Waals surface area contributed by atoms with E-state index in [4.69, 9.17) is 9.72 Å². The van der Waals surface area contributed by atoms with Gasteiger partial charge in [-0.25, -0.2) is 4.98 Å². The van der Waals surface area contributed by atoms with Gasteiger partial charge in [0, 0.05) is 5.92 Å². The van der Waals surface area contributed by atoms with E-state index in [9.17, 15) is 5.11 Å². The van der Waals surface area contributed by atoms with Crippen LogP contribution in [0.25, 0.3) is 11.0 Å². The van der Waals surface area contributed by atoms with Crippen LogP contribution in [0.4, 0.5) is 0 Å². The van der Waals surface area contributed by atoms with E-state index in [1.807, 2.05) is 30.3 Å². The average Bonchev–Trinajstić information content (AvgIpc) is 2.97. The highest BCUT2D eigenvalue weighted by Crippen LogP contribution is 2.37. The van der Waals surface area contributed by atoms with Crippen molar-refractivity contribution in [1.29, 1.82) is 0 Å². The lowest BCUT2D eigenvalue weighted by Crippen LogP contribution is -2.26. The minimum absolute atomic E-state index is 0.275. The van der Waals surface area contributed by atoms with E-state index < -0.39 is 6.10 Å². The molecule has 0 amide bonds. The second-order valence-corrected chi connectivity index (χ2v) is 7.89. The van der Waals surface area contributed by atoms with Crippen LogP contribution in [-0.4, -0.2) is 27.4 Å². The summed E-state index contributed by atoms with van der Waals surface area (Å²) in [6, 6.07) is 16.3. The third-order valence-electron chi connectivity index (χ3n) is 5.54. The van der Waals surface area contributed by atoms with Crippen LogP contribution in [0.2, 0.25) is 0 Å². The fourth-order valence-corrected chi connectivity index (χ4v) is 3.67. The summed E-state index contributed by atoms with van der Waals surface area (Å²) in [7, 11) is 0. The predicted octanol–water partition coefficient (Wildman–Crippen LogP) is 4.87. The Labute approximate surface area is 160 Å². The molecule has 0 spiro atoms. The summed E-state index contributed by atoms with van der Waals surface area (Å²) in [6.45, 7) is 5.14. The number of hydrogen-bond donors (Lipinski definition) is 1. The summed E-state index contributed by atoms with van der Waals surface area (Å²) in [5.74, 6) is 2.94. The normalized spacial score (nSPS) is 15.9. The van der Waals surface area contributed by atoms with Crippen LogP contribution >= 0.6 is 0 Å². The van der Waals surface area contributed by atoms with Crippen molar-refractivity contribution in [3.8, 4) is 5.75 Å². The number of para-hydroxylation sites is 2. The first kappa shape index (κ1) is 18.1. The SMILES string of the molecule is CC(C)c1ccc(OCC(O)Cn2c(C3CCC3)nc3ccccc32)cc1. The maximum absolute atomic E-state index is 10.6. The third-order valence-corrected chi connectivity index (χ3v) is 5.54. The minimum Gasteiger partial charge on any atom is -0.491 e. The van der Waals surface area contributed by atoms with Crippen LogP contribution < -0.4 is 4.74 Å². The second kappa shape index (κ2) is 7.73. The molecule has 1 aliphatic carbocycles. The molecule has 0 saturated heterocycles. The topological polar surface area (TPSA) is 47.3 Å². The average molecular weight is 364 g/mol. The number of ether oxygens (including phenoxy) is 1.